The first kappa shape index (κ1) is 11.0. The molecule has 1 atom stereocenters. The third kappa shape index (κ3) is 3.26. The van der Waals surface area contributed by atoms with E-state index < -0.39 is 0 Å². The minimum absolute atomic E-state index is 0.363. The number of Topliss-reactive ketones (excluding diaryl/α,β-unsaturated/α-hetero) is 1. The number of alkyl halides is 1. The maximum atomic E-state index is 11.2. The maximum Gasteiger partial charge on any atom is 0.158 e. The van der Waals surface area contributed by atoms with Crippen LogP contribution in [0.25, 0.3) is 0 Å². The van der Waals surface area contributed by atoms with Crippen molar-refractivity contribution in [1.82, 2.24) is 0 Å². The highest BCUT2D eigenvalue weighted by molar-refractivity contribution is 9.09. The quantitative estimate of drug-likeness (QED) is 0.691. The topological polar surface area (TPSA) is 17.1 Å². The van der Waals surface area contributed by atoms with Gasteiger partial charge < -0.3 is 0 Å². The normalized spacial score (nSPS) is 19.8. The van der Waals surface area contributed by atoms with Crippen molar-refractivity contribution in [2.24, 2.45) is 0 Å². The van der Waals surface area contributed by atoms with Gasteiger partial charge in [-0.2, -0.15) is 0 Å². The van der Waals surface area contributed by atoms with Crippen LogP contribution in [-0.2, 0) is 4.79 Å². The zero-order valence-corrected chi connectivity index (χ0v) is 9.99. The Morgan fingerprint density at radius 2 is 2.15 bits per heavy atom. The van der Waals surface area contributed by atoms with E-state index in [1.54, 1.807) is 0 Å². The van der Waals surface area contributed by atoms with E-state index in [2.05, 4.69) is 22.9 Å². The lowest BCUT2D eigenvalue weighted by Crippen LogP contribution is -1.92. The Kier molecular flexibility index (Phi) is 4.17. The third-order valence-electron chi connectivity index (χ3n) is 2.68. The molecule has 2 heteroatoms. The summed E-state index contributed by atoms with van der Waals surface area (Å²) in [5, 5.41) is 0. The Hall–Kier alpha value is -0.110. The van der Waals surface area contributed by atoms with Gasteiger partial charge >= 0.3 is 0 Å². The van der Waals surface area contributed by atoms with E-state index in [-0.39, 0.29) is 0 Å². The van der Waals surface area contributed by atoms with Crippen LogP contribution in [0.2, 0.25) is 0 Å². The molecule has 0 spiro atoms. The van der Waals surface area contributed by atoms with Gasteiger partial charge in [0.1, 0.15) is 0 Å². The lowest BCUT2D eigenvalue weighted by Gasteiger charge is -2.04. The molecule has 1 aliphatic carbocycles. The Morgan fingerprint density at radius 3 is 2.62 bits per heavy atom. The second kappa shape index (κ2) is 4.94. The molecule has 1 aliphatic rings. The van der Waals surface area contributed by atoms with Crippen LogP contribution in [0.15, 0.2) is 11.1 Å². The molecule has 0 fully saturated rings. The maximum absolute atomic E-state index is 11.2. The van der Waals surface area contributed by atoms with Crippen molar-refractivity contribution in [3.63, 3.8) is 0 Å². The average molecular weight is 245 g/mol. The van der Waals surface area contributed by atoms with Crippen LogP contribution in [0, 0.1) is 0 Å². The summed E-state index contributed by atoms with van der Waals surface area (Å²) in [6, 6.07) is 0. The standard InChI is InChI=1S/C11H17BrO/c1-8(12)4-3-5-10-6-7-11(13)9(10)2/h8H,3-7H2,1-2H3. The molecule has 0 saturated carbocycles. The van der Waals surface area contributed by atoms with Crippen LogP contribution in [0.5, 0.6) is 0 Å². The molecule has 1 unspecified atom stereocenters. The summed E-state index contributed by atoms with van der Waals surface area (Å²) in [5.41, 5.74) is 2.44. The lowest BCUT2D eigenvalue weighted by atomic mass is 10.0. The number of halogens is 1. The minimum Gasteiger partial charge on any atom is -0.295 e. The smallest absolute Gasteiger partial charge is 0.158 e. The Balaban J connectivity index is 2.33. The van der Waals surface area contributed by atoms with Gasteiger partial charge in [-0.1, -0.05) is 28.4 Å². The summed E-state index contributed by atoms with van der Waals surface area (Å²) < 4.78 is 0. The molecule has 0 amide bonds. The van der Waals surface area contributed by atoms with Crippen molar-refractivity contribution >= 4 is 21.7 Å². The van der Waals surface area contributed by atoms with Gasteiger partial charge in [0.05, 0.1) is 0 Å². The molecular weight excluding hydrogens is 228 g/mol. The molecule has 0 saturated heterocycles. The Morgan fingerprint density at radius 1 is 1.46 bits per heavy atom. The molecule has 0 aliphatic heterocycles. The van der Waals surface area contributed by atoms with Crippen LogP contribution in [0.4, 0.5) is 0 Å². The zero-order valence-electron chi connectivity index (χ0n) is 8.40. The van der Waals surface area contributed by atoms with Gasteiger partial charge in [-0.3, -0.25) is 4.79 Å². The highest BCUT2D eigenvalue weighted by Crippen LogP contribution is 2.27. The molecule has 0 aromatic carbocycles. The summed E-state index contributed by atoms with van der Waals surface area (Å²) in [5.74, 6) is 0.363. The van der Waals surface area contributed by atoms with Gasteiger partial charge in [0, 0.05) is 11.2 Å². The van der Waals surface area contributed by atoms with Crippen molar-refractivity contribution in [1.29, 1.82) is 0 Å². The number of hydrogen-bond acceptors (Lipinski definition) is 1. The van der Waals surface area contributed by atoms with Crippen LogP contribution in [0.3, 0.4) is 0 Å². The summed E-state index contributed by atoms with van der Waals surface area (Å²) in [6.45, 7) is 4.14. The minimum atomic E-state index is 0.363. The molecule has 13 heavy (non-hydrogen) atoms. The van der Waals surface area contributed by atoms with Gasteiger partial charge in [0.25, 0.3) is 0 Å². The second-order valence-electron chi connectivity index (χ2n) is 3.82. The first-order valence-corrected chi connectivity index (χ1v) is 5.88. The van der Waals surface area contributed by atoms with Gasteiger partial charge in [-0.15, -0.1) is 0 Å². The molecule has 1 nitrogen and oxygen atoms in total. The van der Waals surface area contributed by atoms with Crippen molar-refractivity contribution in [3.8, 4) is 0 Å². The average Bonchev–Trinajstić information content (AvgIpc) is 2.35. The van der Waals surface area contributed by atoms with E-state index in [9.17, 15) is 4.79 Å². The van der Waals surface area contributed by atoms with Crippen molar-refractivity contribution in [2.45, 2.75) is 50.8 Å². The highest BCUT2D eigenvalue weighted by atomic mass is 79.9. The largest absolute Gasteiger partial charge is 0.295 e. The van der Waals surface area contributed by atoms with Gasteiger partial charge in [-0.05, 0) is 38.2 Å². The molecule has 74 valence electrons. The van der Waals surface area contributed by atoms with E-state index in [0.29, 0.717) is 10.6 Å². The van der Waals surface area contributed by atoms with Crippen molar-refractivity contribution < 1.29 is 4.79 Å². The number of hydrogen-bond donors (Lipinski definition) is 0. The first-order valence-electron chi connectivity index (χ1n) is 4.97. The fourth-order valence-corrected chi connectivity index (χ4v) is 2.07. The summed E-state index contributed by atoms with van der Waals surface area (Å²) >= 11 is 3.53. The zero-order chi connectivity index (χ0) is 9.84. The summed E-state index contributed by atoms with van der Waals surface area (Å²) in [4.78, 5) is 11.8. The predicted octanol–water partition coefficient (Wildman–Crippen LogP) is 3.62. The fourth-order valence-electron chi connectivity index (χ4n) is 1.75. The molecule has 0 aromatic rings. The van der Waals surface area contributed by atoms with Gasteiger partial charge in [-0.25, -0.2) is 0 Å². The number of carbonyl (C=O) groups excluding carboxylic acids is 1. The lowest BCUT2D eigenvalue weighted by molar-refractivity contribution is -0.114. The summed E-state index contributed by atoms with van der Waals surface area (Å²) in [6.07, 6.45) is 5.29. The fraction of sp³-hybridized carbons (Fsp3) is 0.727. The molecule has 0 heterocycles. The van der Waals surface area contributed by atoms with E-state index in [1.165, 1.54) is 18.4 Å². The summed E-state index contributed by atoms with van der Waals surface area (Å²) in [7, 11) is 0. The Bertz CT molecular complexity index is 228. The molecule has 0 radical (unpaired) electrons. The third-order valence-corrected chi connectivity index (χ3v) is 3.14. The molecular formula is C11H17BrO. The van der Waals surface area contributed by atoms with Crippen LogP contribution < -0.4 is 0 Å². The van der Waals surface area contributed by atoms with Crippen LogP contribution in [-0.4, -0.2) is 10.6 Å². The predicted molar refractivity (Wildman–Crippen MR) is 59.2 cm³/mol. The second-order valence-corrected chi connectivity index (χ2v) is 5.39. The van der Waals surface area contributed by atoms with Crippen molar-refractivity contribution in [3.05, 3.63) is 11.1 Å². The molecule has 0 aromatic heterocycles. The van der Waals surface area contributed by atoms with Crippen LogP contribution >= 0.6 is 15.9 Å². The molecule has 0 bridgehead atoms. The number of rotatable bonds is 4. The van der Waals surface area contributed by atoms with E-state index in [4.69, 9.17) is 0 Å². The number of carbonyl (C=O) groups is 1. The van der Waals surface area contributed by atoms with Gasteiger partial charge in [0.2, 0.25) is 0 Å². The van der Waals surface area contributed by atoms with E-state index >= 15 is 0 Å². The van der Waals surface area contributed by atoms with E-state index in [1.807, 2.05) is 6.92 Å². The number of allylic oxidation sites excluding steroid dienone is 2. The molecule has 1 rings (SSSR count). The first-order chi connectivity index (χ1) is 6.11. The van der Waals surface area contributed by atoms with Crippen LogP contribution in [0.1, 0.15) is 46.0 Å². The Labute approximate surface area is 88.7 Å². The number of ketones is 1. The highest BCUT2D eigenvalue weighted by Gasteiger charge is 2.18. The van der Waals surface area contributed by atoms with Gasteiger partial charge in [0.15, 0.2) is 5.78 Å². The molecule has 0 N–H and O–H groups in total. The van der Waals surface area contributed by atoms with E-state index in [0.717, 1.165) is 24.8 Å². The monoisotopic (exact) mass is 244 g/mol. The SMILES string of the molecule is CC1=C(CCCC(C)Br)CCC1=O. The van der Waals surface area contributed by atoms with Crippen molar-refractivity contribution in [2.75, 3.05) is 0 Å².